The molecular weight excluding hydrogens is 256 g/mol. The molecule has 1 aliphatic rings. The van der Waals surface area contributed by atoms with Gasteiger partial charge in [-0.15, -0.1) is 0 Å². The van der Waals surface area contributed by atoms with Crippen LogP contribution in [0.4, 0.5) is 0 Å². The van der Waals surface area contributed by atoms with E-state index in [1.165, 1.54) is 103 Å². The van der Waals surface area contributed by atoms with E-state index >= 15 is 0 Å². The Balaban J connectivity index is 2.08. The highest BCUT2D eigenvalue weighted by Gasteiger charge is 2.19. The molecule has 0 unspecified atom stereocenters. The molecule has 0 aromatic carbocycles. The summed E-state index contributed by atoms with van der Waals surface area (Å²) in [6.45, 7) is 5.69. The third kappa shape index (κ3) is 9.52. The maximum atomic E-state index is 5.71. The van der Waals surface area contributed by atoms with Gasteiger partial charge in [-0.2, -0.15) is 0 Å². The molecule has 2 N–H and O–H groups in total. The summed E-state index contributed by atoms with van der Waals surface area (Å²) in [6, 6.07) is 0.870. The van der Waals surface area contributed by atoms with Gasteiger partial charge in [-0.05, 0) is 45.3 Å². The number of hydrogen-bond acceptors (Lipinski definition) is 2. The smallest absolute Gasteiger partial charge is 0.00952 e. The van der Waals surface area contributed by atoms with Gasteiger partial charge in [-0.1, -0.05) is 71.1 Å². The first-order chi connectivity index (χ1) is 10.4. The number of unbranched alkanes of at least 4 members (excludes halogenated alkanes) is 7. The van der Waals surface area contributed by atoms with E-state index in [1.54, 1.807) is 0 Å². The van der Waals surface area contributed by atoms with E-state index in [4.69, 9.17) is 5.73 Å². The molecule has 0 spiro atoms. The molecule has 0 bridgehead atoms. The summed E-state index contributed by atoms with van der Waals surface area (Å²) in [6.07, 6.45) is 19.8. The monoisotopic (exact) mass is 296 g/mol. The zero-order valence-corrected chi connectivity index (χ0v) is 14.6. The van der Waals surface area contributed by atoms with Crippen LogP contribution < -0.4 is 5.73 Å². The van der Waals surface area contributed by atoms with Crippen molar-refractivity contribution in [1.29, 1.82) is 0 Å². The van der Waals surface area contributed by atoms with Crippen molar-refractivity contribution in [2.45, 2.75) is 103 Å². The van der Waals surface area contributed by atoms with Crippen LogP contribution in [0.2, 0.25) is 0 Å². The fourth-order valence-electron chi connectivity index (χ4n) is 3.67. The molecule has 1 saturated carbocycles. The predicted molar refractivity (Wildman–Crippen MR) is 94.7 cm³/mol. The lowest BCUT2D eigenvalue weighted by molar-refractivity contribution is 0.152. The second kappa shape index (κ2) is 13.6. The van der Waals surface area contributed by atoms with Crippen molar-refractivity contribution in [2.24, 2.45) is 5.73 Å². The van der Waals surface area contributed by atoms with E-state index in [2.05, 4.69) is 11.8 Å². The molecule has 0 aromatic rings. The molecule has 2 nitrogen and oxygen atoms in total. The summed E-state index contributed by atoms with van der Waals surface area (Å²) in [7, 11) is 0. The molecule has 1 rings (SSSR count). The summed E-state index contributed by atoms with van der Waals surface area (Å²) >= 11 is 0. The average molecular weight is 297 g/mol. The molecule has 0 saturated heterocycles. The highest BCUT2D eigenvalue weighted by molar-refractivity contribution is 4.76. The van der Waals surface area contributed by atoms with Gasteiger partial charge < -0.3 is 10.6 Å². The number of hydrogen-bond donors (Lipinski definition) is 1. The van der Waals surface area contributed by atoms with Crippen molar-refractivity contribution in [3.05, 3.63) is 0 Å². The van der Waals surface area contributed by atoms with Crippen LogP contribution in [0.3, 0.4) is 0 Å². The van der Waals surface area contributed by atoms with E-state index in [9.17, 15) is 0 Å². The summed E-state index contributed by atoms with van der Waals surface area (Å²) in [4.78, 5) is 2.77. The zero-order chi connectivity index (χ0) is 15.2. The first-order valence-electron chi connectivity index (χ1n) is 9.82. The average Bonchev–Trinajstić information content (AvgIpc) is 2.53. The molecule has 0 aromatic heterocycles. The normalized spacial score (nSPS) is 16.7. The van der Waals surface area contributed by atoms with Gasteiger partial charge >= 0.3 is 0 Å². The van der Waals surface area contributed by atoms with E-state index in [1.807, 2.05) is 0 Å². The van der Waals surface area contributed by atoms with E-state index in [0.29, 0.717) is 0 Å². The van der Waals surface area contributed by atoms with E-state index < -0.39 is 0 Å². The Bertz CT molecular complexity index is 212. The molecule has 0 aliphatic heterocycles. The molecule has 2 heteroatoms. The molecule has 1 fully saturated rings. The van der Waals surface area contributed by atoms with Gasteiger partial charge in [0.15, 0.2) is 0 Å². The van der Waals surface area contributed by atoms with Crippen molar-refractivity contribution in [3.8, 4) is 0 Å². The van der Waals surface area contributed by atoms with Crippen LogP contribution in [-0.4, -0.2) is 30.6 Å². The molecule has 21 heavy (non-hydrogen) atoms. The number of nitrogens with two attached hydrogens (primary N) is 1. The van der Waals surface area contributed by atoms with Crippen LogP contribution in [0.15, 0.2) is 0 Å². The molecule has 0 heterocycles. The number of rotatable bonds is 13. The quantitative estimate of drug-likeness (QED) is 0.478. The Morgan fingerprint density at radius 1 is 0.762 bits per heavy atom. The van der Waals surface area contributed by atoms with Gasteiger partial charge in [0.1, 0.15) is 0 Å². The van der Waals surface area contributed by atoms with Gasteiger partial charge in [0, 0.05) is 6.04 Å². The zero-order valence-electron chi connectivity index (χ0n) is 14.6. The van der Waals surface area contributed by atoms with Crippen molar-refractivity contribution < 1.29 is 0 Å². The molecule has 1 aliphatic carbocycles. The van der Waals surface area contributed by atoms with Gasteiger partial charge in [-0.3, -0.25) is 0 Å². The maximum absolute atomic E-state index is 5.71. The molecule has 0 amide bonds. The molecule has 0 atom stereocenters. The Labute approximate surface area is 133 Å². The van der Waals surface area contributed by atoms with E-state index in [0.717, 1.165) is 12.6 Å². The van der Waals surface area contributed by atoms with Gasteiger partial charge in [0.25, 0.3) is 0 Å². The second-order valence-corrected chi connectivity index (χ2v) is 6.94. The van der Waals surface area contributed by atoms with Crippen LogP contribution >= 0.6 is 0 Å². The van der Waals surface area contributed by atoms with E-state index in [-0.39, 0.29) is 0 Å². The topological polar surface area (TPSA) is 29.3 Å². The van der Waals surface area contributed by atoms with Crippen LogP contribution in [0.25, 0.3) is 0 Å². The maximum Gasteiger partial charge on any atom is 0.00952 e. The van der Waals surface area contributed by atoms with Crippen molar-refractivity contribution in [1.82, 2.24) is 4.90 Å². The van der Waals surface area contributed by atoms with Crippen LogP contribution in [-0.2, 0) is 0 Å². The Morgan fingerprint density at radius 3 is 1.95 bits per heavy atom. The predicted octanol–water partition coefficient (Wildman–Crippen LogP) is 5.11. The van der Waals surface area contributed by atoms with Gasteiger partial charge in [0.2, 0.25) is 0 Å². The molecule has 126 valence electrons. The lowest BCUT2D eigenvalue weighted by Gasteiger charge is -2.34. The minimum Gasteiger partial charge on any atom is -0.330 e. The fourth-order valence-corrected chi connectivity index (χ4v) is 3.67. The first kappa shape index (κ1) is 19.0. The lowest BCUT2D eigenvalue weighted by Crippen LogP contribution is -2.38. The highest BCUT2D eigenvalue weighted by atomic mass is 15.1. The summed E-state index contributed by atoms with van der Waals surface area (Å²) < 4.78 is 0. The largest absolute Gasteiger partial charge is 0.330 e. The molecule has 0 radical (unpaired) electrons. The van der Waals surface area contributed by atoms with Crippen molar-refractivity contribution in [3.63, 3.8) is 0 Å². The van der Waals surface area contributed by atoms with Crippen LogP contribution in [0.1, 0.15) is 96.8 Å². The summed E-state index contributed by atoms with van der Waals surface area (Å²) in [5.74, 6) is 0. The Morgan fingerprint density at radius 2 is 1.33 bits per heavy atom. The summed E-state index contributed by atoms with van der Waals surface area (Å²) in [5, 5.41) is 0. The lowest BCUT2D eigenvalue weighted by atomic mass is 9.93. The Hall–Kier alpha value is -0.0800. The minimum absolute atomic E-state index is 0.848. The SMILES string of the molecule is CCCCCCCCCCN(CCCN)C1CCCCC1. The van der Waals surface area contributed by atoms with Crippen LogP contribution in [0.5, 0.6) is 0 Å². The molecular formula is C19H40N2. The summed E-state index contributed by atoms with van der Waals surface area (Å²) in [5.41, 5.74) is 5.71. The van der Waals surface area contributed by atoms with Crippen molar-refractivity contribution in [2.75, 3.05) is 19.6 Å². The van der Waals surface area contributed by atoms with Crippen LogP contribution in [0, 0.1) is 0 Å². The third-order valence-electron chi connectivity index (χ3n) is 5.04. The fraction of sp³-hybridized carbons (Fsp3) is 1.00. The second-order valence-electron chi connectivity index (χ2n) is 6.94. The Kier molecular flexibility index (Phi) is 12.3. The van der Waals surface area contributed by atoms with Crippen molar-refractivity contribution >= 4 is 0 Å². The highest BCUT2D eigenvalue weighted by Crippen LogP contribution is 2.23. The standard InChI is InChI=1S/C19H40N2/c1-2-3-4-5-6-7-8-12-17-21(18-13-16-20)19-14-10-9-11-15-19/h19H,2-18,20H2,1H3. The number of nitrogens with zero attached hydrogens (tertiary/aromatic N) is 1. The minimum atomic E-state index is 0.848. The third-order valence-corrected chi connectivity index (χ3v) is 5.04. The first-order valence-corrected chi connectivity index (χ1v) is 9.82. The van der Waals surface area contributed by atoms with Gasteiger partial charge in [-0.25, -0.2) is 0 Å². The van der Waals surface area contributed by atoms with Gasteiger partial charge in [0.05, 0.1) is 0 Å².